The summed E-state index contributed by atoms with van der Waals surface area (Å²) in [6, 6.07) is 0.310. The van der Waals surface area contributed by atoms with Gasteiger partial charge >= 0.3 is 0 Å². The molecule has 0 amide bonds. The monoisotopic (exact) mass is 219 g/mol. The van der Waals surface area contributed by atoms with Gasteiger partial charge in [0.1, 0.15) is 5.82 Å². The lowest BCUT2D eigenvalue weighted by Gasteiger charge is -2.31. The standard InChI is InChI=1S/C13H21N3/c1-9(14)11-5-6-12-7-15-13(16(12)8-11)10-3-2-4-10/h7,9-11H,2-6,8,14H2,1H3. The number of hydrogen-bond acceptors (Lipinski definition) is 2. The molecule has 3 heteroatoms. The number of aromatic nitrogens is 2. The molecule has 1 aliphatic carbocycles. The van der Waals surface area contributed by atoms with E-state index in [1.54, 1.807) is 0 Å². The van der Waals surface area contributed by atoms with Gasteiger partial charge in [-0.2, -0.15) is 0 Å². The van der Waals surface area contributed by atoms with Crippen LogP contribution in [0.25, 0.3) is 0 Å². The van der Waals surface area contributed by atoms with Gasteiger partial charge in [-0.3, -0.25) is 0 Å². The molecule has 1 saturated carbocycles. The van der Waals surface area contributed by atoms with Crippen LogP contribution in [-0.2, 0) is 13.0 Å². The summed E-state index contributed by atoms with van der Waals surface area (Å²) < 4.78 is 2.46. The van der Waals surface area contributed by atoms with Crippen molar-refractivity contribution in [1.29, 1.82) is 0 Å². The average molecular weight is 219 g/mol. The van der Waals surface area contributed by atoms with E-state index in [4.69, 9.17) is 5.73 Å². The van der Waals surface area contributed by atoms with E-state index in [1.807, 2.05) is 0 Å². The van der Waals surface area contributed by atoms with Gasteiger partial charge in [0.25, 0.3) is 0 Å². The minimum Gasteiger partial charge on any atom is -0.331 e. The van der Waals surface area contributed by atoms with E-state index in [9.17, 15) is 0 Å². The molecule has 3 rings (SSSR count). The van der Waals surface area contributed by atoms with Crippen LogP contribution in [0.4, 0.5) is 0 Å². The number of fused-ring (bicyclic) bond motifs is 1. The van der Waals surface area contributed by atoms with Crippen molar-refractivity contribution in [3.63, 3.8) is 0 Å². The number of imidazole rings is 1. The Morgan fingerprint density at radius 2 is 2.25 bits per heavy atom. The van der Waals surface area contributed by atoms with E-state index < -0.39 is 0 Å². The molecule has 0 aromatic carbocycles. The Morgan fingerprint density at radius 3 is 2.88 bits per heavy atom. The Kier molecular flexibility index (Phi) is 2.51. The normalized spacial score (nSPS) is 27.2. The highest BCUT2D eigenvalue weighted by atomic mass is 15.1. The van der Waals surface area contributed by atoms with Gasteiger partial charge in [0.05, 0.1) is 0 Å². The second-order valence-corrected chi connectivity index (χ2v) is 5.50. The summed E-state index contributed by atoms with van der Waals surface area (Å²) in [6.07, 6.45) is 8.52. The Morgan fingerprint density at radius 1 is 1.44 bits per heavy atom. The third kappa shape index (κ3) is 1.58. The fraction of sp³-hybridized carbons (Fsp3) is 0.769. The Labute approximate surface area is 97.0 Å². The fourth-order valence-electron chi connectivity index (χ4n) is 2.92. The molecule has 1 aromatic heterocycles. The molecule has 1 fully saturated rings. The number of hydrogen-bond donors (Lipinski definition) is 1. The Bertz CT molecular complexity index is 377. The average Bonchev–Trinajstić information content (AvgIpc) is 2.59. The molecular weight excluding hydrogens is 198 g/mol. The first-order valence-corrected chi connectivity index (χ1v) is 6.55. The second kappa shape index (κ2) is 3.88. The maximum Gasteiger partial charge on any atom is 0.111 e. The molecule has 2 atom stereocenters. The molecule has 1 aliphatic heterocycles. The van der Waals surface area contributed by atoms with E-state index in [2.05, 4.69) is 22.7 Å². The van der Waals surface area contributed by atoms with Gasteiger partial charge in [-0.15, -0.1) is 0 Å². The number of rotatable bonds is 2. The van der Waals surface area contributed by atoms with Crippen LogP contribution in [0.1, 0.15) is 50.0 Å². The highest BCUT2D eigenvalue weighted by Crippen LogP contribution is 2.37. The summed E-state index contributed by atoms with van der Waals surface area (Å²) in [5.41, 5.74) is 7.46. The summed E-state index contributed by atoms with van der Waals surface area (Å²) in [5, 5.41) is 0. The molecule has 2 heterocycles. The van der Waals surface area contributed by atoms with E-state index in [-0.39, 0.29) is 0 Å². The highest BCUT2D eigenvalue weighted by molar-refractivity contribution is 5.14. The maximum absolute atomic E-state index is 6.03. The van der Waals surface area contributed by atoms with E-state index in [0.717, 1.165) is 18.9 Å². The third-order valence-electron chi connectivity index (χ3n) is 4.37. The van der Waals surface area contributed by atoms with Crippen molar-refractivity contribution in [2.24, 2.45) is 11.7 Å². The van der Waals surface area contributed by atoms with Crippen molar-refractivity contribution >= 4 is 0 Å². The molecular formula is C13H21N3. The SMILES string of the molecule is CC(N)C1CCc2cnc(C3CCC3)n2C1. The van der Waals surface area contributed by atoms with Crippen molar-refractivity contribution in [1.82, 2.24) is 9.55 Å². The maximum atomic E-state index is 6.03. The van der Waals surface area contributed by atoms with Crippen LogP contribution in [0.3, 0.4) is 0 Å². The van der Waals surface area contributed by atoms with Gasteiger partial charge in [0, 0.05) is 30.4 Å². The predicted molar refractivity (Wildman–Crippen MR) is 64.3 cm³/mol. The quantitative estimate of drug-likeness (QED) is 0.827. The lowest BCUT2D eigenvalue weighted by Crippen LogP contribution is -2.34. The first kappa shape index (κ1) is 10.3. The van der Waals surface area contributed by atoms with Crippen LogP contribution < -0.4 is 5.73 Å². The smallest absolute Gasteiger partial charge is 0.111 e. The molecule has 0 saturated heterocycles. The topological polar surface area (TPSA) is 43.8 Å². The van der Waals surface area contributed by atoms with Gasteiger partial charge in [0.15, 0.2) is 0 Å². The van der Waals surface area contributed by atoms with Crippen LogP contribution in [0.5, 0.6) is 0 Å². The zero-order valence-corrected chi connectivity index (χ0v) is 10.0. The predicted octanol–water partition coefficient (Wildman–Crippen LogP) is 2.06. The van der Waals surface area contributed by atoms with Crippen LogP contribution in [0.2, 0.25) is 0 Å². The number of nitrogens with two attached hydrogens (primary N) is 1. The van der Waals surface area contributed by atoms with Crippen molar-refractivity contribution in [3.8, 4) is 0 Å². The van der Waals surface area contributed by atoms with Gasteiger partial charge in [-0.25, -0.2) is 4.98 Å². The van der Waals surface area contributed by atoms with Gasteiger partial charge in [0.2, 0.25) is 0 Å². The fourth-order valence-corrected chi connectivity index (χ4v) is 2.92. The van der Waals surface area contributed by atoms with Crippen molar-refractivity contribution < 1.29 is 0 Å². The molecule has 16 heavy (non-hydrogen) atoms. The first-order chi connectivity index (χ1) is 7.75. The molecule has 1 aromatic rings. The first-order valence-electron chi connectivity index (χ1n) is 6.55. The highest BCUT2D eigenvalue weighted by Gasteiger charge is 2.29. The molecule has 2 aliphatic rings. The summed E-state index contributed by atoms with van der Waals surface area (Å²) in [5.74, 6) is 2.72. The van der Waals surface area contributed by atoms with Crippen LogP contribution in [0, 0.1) is 5.92 Å². The van der Waals surface area contributed by atoms with Crippen LogP contribution >= 0.6 is 0 Å². The largest absolute Gasteiger partial charge is 0.331 e. The Hall–Kier alpha value is -0.830. The van der Waals surface area contributed by atoms with E-state index in [0.29, 0.717) is 12.0 Å². The lowest BCUT2D eigenvalue weighted by atomic mass is 9.84. The summed E-state index contributed by atoms with van der Waals surface area (Å²) in [7, 11) is 0. The van der Waals surface area contributed by atoms with E-state index >= 15 is 0 Å². The minimum atomic E-state index is 0.310. The minimum absolute atomic E-state index is 0.310. The molecule has 0 bridgehead atoms. The molecule has 2 N–H and O–H groups in total. The molecule has 88 valence electrons. The summed E-state index contributed by atoms with van der Waals surface area (Å²) in [6.45, 7) is 3.23. The molecule has 0 spiro atoms. The van der Waals surface area contributed by atoms with E-state index in [1.165, 1.54) is 37.2 Å². The molecule has 3 nitrogen and oxygen atoms in total. The summed E-state index contributed by atoms with van der Waals surface area (Å²) >= 11 is 0. The van der Waals surface area contributed by atoms with Crippen molar-refractivity contribution in [2.75, 3.05) is 0 Å². The van der Waals surface area contributed by atoms with Crippen LogP contribution in [0.15, 0.2) is 6.20 Å². The van der Waals surface area contributed by atoms with Crippen LogP contribution in [-0.4, -0.2) is 15.6 Å². The Balaban J connectivity index is 1.86. The zero-order valence-electron chi connectivity index (χ0n) is 10.0. The zero-order chi connectivity index (χ0) is 11.1. The van der Waals surface area contributed by atoms with Gasteiger partial charge < -0.3 is 10.3 Å². The number of aryl methyl sites for hydroxylation is 1. The van der Waals surface area contributed by atoms with Crippen molar-refractivity contribution in [3.05, 3.63) is 17.7 Å². The second-order valence-electron chi connectivity index (χ2n) is 5.50. The molecule has 2 unspecified atom stereocenters. The molecule has 0 radical (unpaired) electrons. The van der Waals surface area contributed by atoms with Crippen molar-refractivity contribution in [2.45, 2.75) is 57.5 Å². The van der Waals surface area contributed by atoms with Gasteiger partial charge in [-0.1, -0.05) is 6.42 Å². The third-order valence-corrected chi connectivity index (χ3v) is 4.37. The lowest BCUT2D eigenvalue weighted by molar-refractivity contribution is 0.302. The number of nitrogens with zero attached hydrogens (tertiary/aromatic N) is 2. The van der Waals surface area contributed by atoms with Gasteiger partial charge in [-0.05, 0) is 38.5 Å². The summed E-state index contributed by atoms with van der Waals surface area (Å²) in [4.78, 5) is 4.64.